The van der Waals surface area contributed by atoms with E-state index in [0.29, 0.717) is 11.8 Å². The van der Waals surface area contributed by atoms with E-state index in [1.165, 1.54) is 0 Å². The van der Waals surface area contributed by atoms with E-state index in [2.05, 4.69) is 39.8 Å². The second-order valence-electron chi connectivity index (χ2n) is 5.37. The molecular weight excluding hydrogens is 200 g/mol. The van der Waals surface area contributed by atoms with Crippen LogP contribution >= 0.6 is 0 Å². The standard InChI is InChI=1S/C14H24O2/c1-10(2)13(11(3)4)16-14(15)12-8-6-5-7-9-12/h5-6,10-13H,7-9H2,1-4H3. The average molecular weight is 224 g/mol. The van der Waals surface area contributed by atoms with Gasteiger partial charge in [-0.2, -0.15) is 0 Å². The monoisotopic (exact) mass is 224 g/mol. The molecule has 0 aromatic carbocycles. The zero-order valence-corrected chi connectivity index (χ0v) is 10.9. The third kappa shape index (κ3) is 3.66. The lowest BCUT2D eigenvalue weighted by Crippen LogP contribution is -2.32. The molecule has 1 atom stereocenters. The van der Waals surface area contributed by atoms with Gasteiger partial charge in [0.15, 0.2) is 0 Å². The van der Waals surface area contributed by atoms with Crippen molar-refractivity contribution in [3.05, 3.63) is 12.2 Å². The minimum Gasteiger partial charge on any atom is -0.462 e. The molecule has 0 heterocycles. The van der Waals surface area contributed by atoms with Gasteiger partial charge in [0.1, 0.15) is 6.10 Å². The molecule has 0 spiro atoms. The van der Waals surface area contributed by atoms with E-state index < -0.39 is 0 Å². The predicted octanol–water partition coefficient (Wildman–Crippen LogP) is 3.57. The molecule has 1 aliphatic carbocycles. The summed E-state index contributed by atoms with van der Waals surface area (Å²) in [7, 11) is 0. The Labute approximate surface area is 99.1 Å². The summed E-state index contributed by atoms with van der Waals surface area (Å²) in [4.78, 5) is 12.0. The smallest absolute Gasteiger partial charge is 0.309 e. The first-order chi connectivity index (χ1) is 7.52. The second-order valence-corrected chi connectivity index (χ2v) is 5.37. The quantitative estimate of drug-likeness (QED) is 0.539. The van der Waals surface area contributed by atoms with Crippen molar-refractivity contribution in [2.24, 2.45) is 17.8 Å². The lowest BCUT2D eigenvalue weighted by atomic mass is 9.93. The predicted molar refractivity (Wildman–Crippen MR) is 66.0 cm³/mol. The number of carbonyl (C=O) groups excluding carboxylic acids is 1. The van der Waals surface area contributed by atoms with Crippen LogP contribution in [0.3, 0.4) is 0 Å². The molecular formula is C14H24O2. The first-order valence-electron chi connectivity index (χ1n) is 6.38. The maximum absolute atomic E-state index is 12.0. The van der Waals surface area contributed by atoms with Crippen molar-refractivity contribution >= 4 is 5.97 Å². The van der Waals surface area contributed by atoms with Crippen LogP contribution < -0.4 is 0 Å². The van der Waals surface area contributed by atoms with Crippen molar-refractivity contribution in [1.82, 2.24) is 0 Å². The Morgan fingerprint density at radius 2 is 1.81 bits per heavy atom. The molecule has 1 aliphatic rings. The first-order valence-corrected chi connectivity index (χ1v) is 6.38. The summed E-state index contributed by atoms with van der Waals surface area (Å²) >= 11 is 0. The minimum absolute atomic E-state index is 0.00301. The molecule has 92 valence electrons. The number of hydrogen-bond acceptors (Lipinski definition) is 2. The zero-order chi connectivity index (χ0) is 12.1. The van der Waals surface area contributed by atoms with Gasteiger partial charge in [-0.3, -0.25) is 4.79 Å². The van der Waals surface area contributed by atoms with Crippen LogP contribution in [0.15, 0.2) is 12.2 Å². The van der Waals surface area contributed by atoms with Crippen LogP contribution in [0, 0.1) is 17.8 Å². The van der Waals surface area contributed by atoms with E-state index in [4.69, 9.17) is 4.74 Å². The zero-order valence-electron chi connectivity index (χ0n) is 10.9. The maximum atomic E-state index is 12.0. The molecule has 2 heteroatoms. The fourth-order valence-corrected chi connectivity index (χ4v) is 2.28. The van der Waals surface area contributed by atoms with E-state index in [1.807, 2.05) is 0 Å². The van der Waals surface area contributed by atoms with Gasteiger partial charge in [0.2, 0.25) is 0 Å². The molecule has 0 saturated carbocycles. The third-order valence-electron chi connectivity index (χ3n) is 3.17. The van der Waals surface area contributed by atoms with Gasteiger partial charge in [0.25, 0.3) is 0 Å². The summed E-state index contributed by atoms with van der Waals surface area (Å²) in [6, 6.07) is 0. The molecule has 1 rings (SSSR count). The van der Waals surface area contributed by atoms with Gasteiger partial charge in [-0.15, -0.1) is 0 Å². The summed E-state index contributed by atoms with van der Waals surface area (Å²) in [5.74, 6) is 0.868. The Bertz CT molecular complexity index is 245. The van der Waals surface area contributed by atoms with Gasteiger partial charge in [-0.25, -0.2) is 0 Å². The lowest BCUT2D eigenvalue weighted by molar-refractivity contribution is -0.159. The summed E-state index contributed by atoms with van der Waals surface area (Å²) in [6.45, 7) is 8.44. The topological polar surface area (TPSA) is 26.3 Å². The van der Waals surface area contributed by atoms with Crippen molar-refractivity contribution in [2.45, 2.75) is 53.1 Å². The van der Waals surface area contributed by atoms with Crippen LogP contribution in [-0.4, -0.2) is 12.1 Å². The van der Waals surface area contributed by atoms with Crippen molar-refractivity contribution in [3.8, 4) is 0 Å². The Balaban J connectivity index is 2.51. The summed E-state index contributed by atoms with van der Waals surface area (Å²) in [5, 5.41) is 0. The minimum atomic E-state index is -0.00301. The largest absolute Gasteiger partial charge is 0.462 e. The van der Waals surface area contributed by atoms with E-state index >= 15 is 0 Å². The van der Waals surface area contributed by atoms with Crippen molar-refractivity contribution < 1.29 is 9.53 Å². The highest BCUT2D eigenvalue weighted by Gasteiger charge is 2.26. The Kier molecular flexibility index (Phi) is 5.04. The highest BCUT2D eigenvalue weighted by Crippen LogP contribution is 2.23. The molecule has 16 heavy (non-hydrogen) atoms. The molecule has 0 aromatic rings. The van der Waals surface area contributed by atoms with Gasteiger partial charge in [0, 0.05) is 0 Å². The van der Waals surface area contributed by atoms with Crippen molar-refractivity contribution in [3.63, 3.8) is 0 Å². The maximum Gasteiger partial charge on any atom is 0.309 e. The summed E-state index contributed by atoms with van der Waals surface area (Å²) < 4.78 is 5.64. The molecule has 0 saturated heterocycles. The molecule has 0 aromatic heterocycles. The van der Waals surface area contributed by atoms with Crippen molar-refractivity contribution in [2.75, 3.05) is 0 Å². The fourth-order valence-electron chi connectivity index (χ4n) is 2.28. The van der Waals surface area contributed by atoms with Crippen LogP contribution in [0.25, 0.3) is 0 Å². The summed E-state index contributed by atoms with van der Waals surface area (Å²) in [6.07, 6.45) is 7.09. The van der Waals surface area contributed by atoms with Gasteiger partial charge < -0.3 is 4.74 Å². The first kappa shape index (κ1) is 13.3. The highest BCUT2D eigenvalue weighted by molar-refractivity contribution is 5.73. The molecule has 0 amide bonds. The number of rotatable bonds is 4. The lowest BCUT2D eigenvalue weighted by Gasteiger charge is -2.27. The van der Waals surface area contributed by atoms with Crippen molar-refractivity contribution in [1.29, 1.82) is 0 Å². The molecule has 2 nitrogen and oxygen atoms in total. The molecule has 0 bridgehead atoms. The van der Waals surface area contributed by atoms with Gasteiger partial charge in [-0.1, -0.05) is 39.8 Å². The van der Waals surface area contributed by atoms with E-state index in [9.17, 15) is 4.79 Å². The van der Waals surface area contributed by atoms with Gasteiger partial charge in [0.05, 0.1) is 5.92 Å². The SMILES string of the molecule is CC(C)C(OC(=O)C1CC=CCC1)C(C)C. The van der Waals surface area contributed by atoms with Crippen LogP contribution in [0.4, 0.5) is 0 Å². The number of ether oxygens (including phenoxy) is 1. The van der Waals surface area contributed by atoms with Crippen LogP contribution in [0.5, 0.6) is 0 Å². The normalized spacial score (nSPS) is 20.8. The molecule has 0 N–H and O–H groups in total. The Hall–Kier alpha value is -0.790. The highest BCUT2D eigenvalue weighted by atomic mass is 16.5. The average Bonchev–Trinajstić information content (AvgIpc) is 2.25. The van der Waals surface area contributed by atoms with Crippen LogP contribution in [0.1, 0.15) is 47.0 Å². The van der Waals surface area contributed by atoms with E-state index in [0.717, 1.165) is 19.3 Å². The second kappa shape index (κ2) is 6.07. The molecule has 0 aliphatic heterocycles. The Morgan fingerprint density at radius 1 is 1.19 bits per heavy atom. The van der Waals surface area contributed by atoms with Crippen LogP contribution in [0.2, 0.25) is 0 Å². The molecule has 0 fully saturated rings. The van der Waals surface area contributed by atoms with Crippen LogP contribution in [-0.2, 0) is 9.53 Å². The summed E-state index contributed by atoms with van der Waals surface area (Å²) in [5.41, 5.74) is 0. The number of esters is 1. The van der Waals surface area contributed by atoms with Gasteiger partial charge in [-0.05, 0) is 31.1 Å². The fraction of sp³-hybridized carbons (Fsp3) is 0.786. The van der Waals surface area contributed by atoms with Gasteiger partial charge >= 0.3 is 5.97 Å². The third-order valence-corrected chi connectivity index (χ3v) is 3.17. The number of allylic oxidation sites excluding steroid dienone is 2. The number of carbonyl (C=O) groups is 1. The molecule has 1 unspecified atom stereocenters. The van der Waals surface area contributed by atoms with E-state index in [-0.39, 0.29) is 18.0 Å². The molecule has 0 radical (unpaired) electrons. The van der Waals surface area contributed by atoms with E-state index in [1.54, 1.807) is 0 Å². The Morgan fingerprint density at radius 3 is 2.25 bits per heavy atom. The number of hydrogen-bond donors (Lipinski definition) is 0.